The summed E-state index contributed by atoms with van der Waals surface area (Å²) in [5.74, 6) is -0.977. The van der Waals surface area contributed by atoms with E-state index in [0.717, 1.165) is 24.3 Å². The Morgan fingerprint density at radius 2 is 2.19 bits per heavy atom. The molecule has 0 aromatic carbocycles. The molecule has 0 radical (unpaired) electrons. The summed E-state index contributed by atoms with van der Waals surface area (Å²) < 4.78 is 62.1. The highest BCUT2D eigenvalue weighted by molar-refractivity contribution is 5.92. The van der Waals surface area contributed by atoms with Crippen LogP contribution in [0.15, 0.2) is 16.7 Å². The fraction of sp³-hybridized carbons (Fsp3) is 0.500. The van der Waals surface area contributed by atoms with Gasteiger partial charge in [0.05, 0.1) is 13.1 Å². The monoisotopic (exact) mass is 378 g/mol. The van der Waals surface area contributed by atoms with Crippen LogP contribution in [-0.4, -0.2) is 56.0 Å². The summed E-state index contributed by atoms with van der Waals surface area (Å²) >= 11 is 0. The van der Waals surface area contributed by atoms with Gasteiger partial charge in [-0.1, -0.05) is 0 Å². The van der Waals surface area contributed by atoms with Gasteiger partial charge in [0, 0.05) is 13.1 Å². The molecule has 1 saturated heterocycles. The van der Waals surface area contributed by atoms with Crippen molar-refractivity contribution in [2.24, 2.45) is 7.05 Å². The van der Waals surface area contributed by atoms with Gasteiger partial charge in [0.15, 0.2) is 12.3 Å². The molecule has 2 aromatic rings. The summed E-state index contributed by atoms with van der Waals surface area (Å²) in [5, 5.41) is 12.9. The number of halogens is 4. The second-order valence-corrected chi connectivity index (χ2v) is 5.70. The lowest BCUT2D eigenvalue weighted by molar-refractivity contribution is -0.143. The number of nitrogens with zero attached hydrogens (tertiary/aromatic N) is 4. The maximum atomic E-state index is 13.3. The number of ether oxygens (including phenoxy) is 1. The number of carbonyl (C=O) groups is 1. The quantitative estimate of drug-likeness (QED) is 0.803. The van der Waals surface area contributed by atoms with Gasteiger partial charge in [0.1, 0.15) is 24.2 Å². The number of carbonyl (C=O) groups excluding carboxylic acids is 1. The third kappa shape index (κ3) is 3.64. The van der Waals surface area contributed by atoms with Gasteiger partial charge in [-0.2, -0.15) is 13.2 Å². The van der Waals surface area contributed by atoms with Crippen LogP contribution in [0, 0.1) is 0 Å². The predicted molar refractivity (Wildman–Crippen MR) is 75.9 cm³/mol. The molecule has 1 aliphatic heterocycles. The van der Waals surface area contributed by atoms with Crippen molar-refractivity contribution in [3.63, 3.8) is 0 Å². The van der Waals surface area contributed by atoms with Crippen molar-refractivity contribution in [2.75, 3.05) is 13.1 Å². The number of hydrogen-bond donors (Lipinski definition) is 1. The minimum atomic E-state index is -4.57. The Kier molecular flexibility index (Phi) is 4.61. The predicted octanol–water partition coefficient (Wildman–Crippen LogP) is 1.16. The van der Waals surface area contributed by atoms with E-state index in [1.165, 1.54) is 0 Å². The Balaban J connectivity index is 1.62. The van der Waals surface area contributed by atoms with Crippen molar-refractivity contribution in [1.29, 1.82) is 0 Å². The number of β-amino-alcohol motifs (C(OH)–C–C–N with tert-alkyl or cyclic N) is 1. The number of hydrogen-bond acceptors (Lipinski definition) is 6. The van der Waals surface area contributed by atoms with Crippen LogP contribution in [-0.2, 0) is 19.8 Å². The summed E-state index contributed by atoms with van der Waals surface area (Å²) in [6, 6.07) is 0.724. The van der Waals surface area contributed by atoms with Gasteiger partial charge in [-0.25, -0.2) is 9.37 Å². The third-order valence-corrected chi connectivity index (χ3v) is 3.77. The minimum absolute atomic E-state index is 0.0656. The van der Waals surface area contributed by atoms with Crippen molar-refractivity contribution in [3.8, 4) is 5.88 Å². The first-order valence-electron chi connectivity index (χ1n) is 7.45. The molecule has 1 fully saturated rings. The van der Waals surface area contributed by atoms with E-state index in [9.17, 15) is 27.5 Å². The van der Waals surface area contributed by atoms with Gasteiger partial charge in [0.2, 0.25) is 11.8 Å². The highest BCUT2D eigenvalue weighted by Crippen LogP contribution is 2.31. The molecule has 2 aromatic heterocycles. The average molecular weight is 378 g/mol. The number of alkyl halides is 4. The van der Waals surface area contributed by atoms with Crippen LogP contribution >= 0.6 is 0 Å². The first kappa shape index (κ1) is 18.2. The first-order chi connectivity index (χ1) is 12.1. The molecule has 3 rings (SSSR count). The second kappa shape index (κ2) is 6.59. The average Bonchev–Trinajstić information content (AvgIpc) is 3.24. The molecule has 26 heavy (non-hydrogen) atoms. The number of aliphatic hydroxyl groups excluding tert-OH is 1. The lowest BCUT2D eigenvalue weighted by atomic mass is 10.3. The van der Waals surface area contributed by atoms with Gasteiger partial charge in [-0.3, -0.25) is 9.48 Å². The van der Waals surface area contributed by atoms with Gasteiger partial charge < -0.3 is 19.2 Å². The number of aromatic nitrogens is 3. The van der Waals surface area contributed by atoms with E-state index in [-0.39, 0.29) is 37.2 Å². The van der Waals surface area contributed by atoms with Crippen LogP contribution in [0.2, 0.25) is 0 Å². The van der Waals surface area contributed by atoms with E-state index in [1.54, 1.807) is 0 Å². The Hall–Kier alpha value is -2.63. The third-order valence-electron chi connectivity index (χ3n) is 3.77. The standard InChI is InChI=1S/C14H14F4N4O4/c1-21-10(14(16,17)18)2-11(20-21)26-6-12-19-8(5-25-12)13(24)22-3-7(15)9(23)4-22/h2,5,7,9,23H,3-4,6H2,1H3/t7-,9?/m1/s1. The zero-order valence-corrected chi connectivity index (χ0v) is 13.4. The van der Waals surface area contributed by atoms with Crippen molar-refractivity contribution in [1.82, 2.24) is 19.7 Å². The number of rotatable bonds is 4. The largest absolute Gasteiger partial charge is 0.467 e. The molecule has 1 unspecified atom stereocenters. The van der Waals surface area contributed by atoms with E-state index in [4.69, 9.17) is 9.15 Å². The molecular formula is C14H14F4N4O4. The summed E-state index contributed by atoms with van der Waals surface area (Å²) in [6.45, 7) is -0.768. The summed E-state index contributed by atoms with van der Waals surface area (Å²) in [6.07, 6.45) is -6.32. The molecule has 0 aliphatic carbocycles. The van der Waals surface area contributed by atoms with Gasteiger partial charge in [0.25, 0.3) is 5.91 Å². The van der Waals surface area contributed by atoms with Crippen molar-refractivity contribution in [3.05, 3.63) is 29.6 Å². The molecule has 3 heterocycles. The molecule has 0 saturated carbocycles. The fourth-order valence-corrected chi connectivity index (χ4v) is 2.46. The highest BCUT2D eigenvalue weighted by Gasteiger charge is 2.36. The lowest BCUT2D eigenvalue weighted by Crippen LogP contribution is -2.29. The molecule has 1 amide bonds. The van der Waals surface area contributed by atoms with Gasteiger partial charge >= 0.3 is 6.18 Å². The number of amides is 1. The van der Waals surface area contributed by atoms with Crippen LogP contribution in [0.1, 0.15) is 22.1 Å². The van der Waals surface area contributed by atoms with Crippen molar-refractivity contribution >= 4 is 5.91 Å². The van der Waals surface area contributed by atoms with E-state index in [0.29, 0.717) is 4.68 Å². The number of aryl methyl sites for hydroxylation is 1. The van der Waals surface area contributed by atoms with Crippen LogP contribution in [0.4, 0.5) is 17.6 Å². The molecular weight excluding hydrogens is 364 g/mol. The summed E-state index contributed by atoms with van der Waals surface area (Å²) in [4.78, 5) is 17.1. The van der Waals surface area contributed by atoms with Crippen LogP contribution in [0.3, 0.4) is 0 Å². The van der Waals surface area contributed by atoms with Crippen molar-refractivity contribution in [2.45, 2.75) is 25.1 Å². The normalized spacial score (nSPS) is 20.6. The zero-order chi connectivity index (χ0) is 19.1. The summed E-state index contributed by atoms with van der Waals surface area (Å²) in [7, 11) is 1.13. The fourth-order valence-electron chi connectivity index (χ4n) is 2.46. The van der Waals surface area contributed by atoms with E-state index < -0.39 is 30.1 Å². The Morgan fingerprint density at radius 3 is 2.77 bits per heavy atom. The molecule has 8 nitrogen and oxygen atoms in total. The molecule has 12 heteroatoms. The SMILES string of the molecule is Cn1nc(OCc2nc(C(=O)N3CC(O)[C@H](F)C3)co2)cc1C(F)(F)F. The Labute approximate surface area is 144 Å². The molecule has 1 aliphatic rings. The first-order valence-corrected chi connectivity index (χ1v) is 7.45. The molecule has 2 atom stereocenters. The Bertz CT molecular complexity index is 793. The van der Waals surface area contributed by atoms with Crippen molar-refractivity contribution < 1.29 is 36.6 Å². The van der Waals surface area contributed by atoms with E-state index in [2.05, 4.69) is 10.1 Å². The van der Waals surface area contributed by atoms with Crippen LogP contribution in [0.5, 0.6) is 5.88 Å². The van der Waals surface area contributed by atoms with Gasteiger partial charge in [-0.05, 0) is 0 Å². The number of oxazole rings is 1. The van der Waals surface area contributed by atoms with E-state index >= 15 is 0 Å². The van der Waals surface area contributed by atoms with E-state index in [1.807, 2.05) is 0 Å². The second-order valence-electron chi connectivity index (χ2n) is 5.70. The topological polar surface area (TPSA) is 93.6 Å². The molecule has 1 N–H and O–H groups in total. The van der Waals surface area contributed by atoms with Gasteiger partial charge in [-0.15, -0.1) is 5.10 Å². The zero-order valence-electron chi connectivity index (χ0n) is 13.4. The number of aliphatic hydroxyl groups is 1. The minimum Gasteiger partial charge on any atom is -0.467 e. The highest BCUT2D eigenvalue weighted by atomic mass is 19.4. The summed E-state index contributed by atoms with van der Waals surface area (Å²) in [5.41, 5.74) is -1.11. The Morgan fingerprint density at radius 1 is 1.46 bits per heavy atom. The maximum absolute atomic E-state index is 13.3. The van der Waals surface area contributed by atoms with Crippen LogP contribution < -0.4 is 4.74 Å². The van der Waals surface area contributed by atoms with Crippen LogP contribution in [0.25, 0.3) is 0 Å². The smallest absolute Gasteiger partial charge is 0.433 e. The number of likely N-dealkylation sites (tertiary alicyclic amines) is 1. The molecule has 142 valence electrons. The maximum Gasteiger partial charge on any atom is 0.433 e. The lowest BCUT2D eigenvalue weighted by Gasteiger charge is -2.12. The molecule has 0 bridgehead atoms. The molecule has 0 spiro atoms.